The Morgan fingerprint density at radius 3 is 2.87 bits per heavy atom. The first kappa shape index (κ1) is 16.0. The lowest BCUT2D eigenvalue weighted by atomic mass is 9.99. The van der Waals surface area contributed by atoms with E-state index in [4.69, 9.17) is 9.47 Å². The average Bonchev–Trinajstić information content (AvgIpc) is 2.81. The minimum atomic E-state index is -0.566. The summed E-state index contributed by atoms with van der Waals surface area (Å²) < 4.78 is 10.9. The van der Waals surface area contributed by atoms with Crippen LogP contribution in [-0.2, 0) is 4.79 Å². The van der Waals surface area contributed by atoms with Crippen molar-refractivity contribution in [2.45, 2.75) is 25.0 Å². The van der Waals surface area contributed by atoms with Gasteiger partial charge < -0.3 is 25.0 Å². The molecule has 0 aromatic heterocycles. The quantitative estimate of drug-likeness (QED) is 0.734. The van der Waals surface area contributed by atoms with Crippen LogP contribution in [0.3, 0.4) is 0 Å². The zero-order chi connectivity index (χ0) is 16.4. The molecule has 126 valence electrons. The highest BCUT2D eigenvalue weighted by molar-refractivity contribution is 5.92. The first-order valence-electron chi connectivity index (χ1n) is 7.74. The molecule has 1 fully saturated rings. The number of rotatable bonds is 4. The number of hydrogen-bond donors (Lipinski definition) is 3. The maximum atomic E-state index is 12.3. The van der Waals surface area contributed by atoms with Gasteiger partial charge in [0.1, 0.15) is 13.2 Å². The number of nitrogens with zero attached hydrogens (tertiary/aromatic N) is 1. The highest BCUT2D eigenvalue weighted by Crippen LogP contribution is 2.33. The molecule has 0 spiro atoms. The number of amides is 1. The first-order valence-corrected chi connectivity index (χ1v) is 7.74. The van der Waals surface area contributed by atoms with Crippen molar-refractivity contribution < 1.29 is 24.5 Å². The Hall–Kier alpha value is -1.83. The monoisotopic (exact) mass is 322 g/mol. The standard InChI is InChI=1S/C16H22N2O5/c1-16(10-19)7-12(20)8-18(16)9-15(21)17-11-2-3-13-14(6-11)23-5-4-22-13/h2-3,6,12,19-20H,4-5,7-10H2,1H3,(H,17,21). The van der Waals surface area contributed by atoms with Crippen LogP contribution in [0.1, 0.15) is 13.3 Å². The molecule has 2 unspecified atom stereocenters. The first-order chi connectivity index (χ1) is 11.0. The normalized spacial score (nSPS) is 27.0. The van der Waals surface area contributed by atoms with E-state index in [1.54, 1.807) is 18.2 Å². The molecule has 1 saturated heterocycles. The number of carbonyl (C=O) groups excluding carboxylic acids is 1. The van der Waals surface area contributed by atoms with Gasteiger partial charge in [0, 0.05) is 23.8 Å². The van der Waals surface area contributed by atoms with E-state index >= 15 is 0 Å². The Morgan fingerprint density at radius 1 is 1.39 bits per heavy atom. The van der Waals surface area contributed by atoms with Gasteiger partial charge in [-0.25, -0.2) is 0 Å². The maximum absolute atomic E-state index is 12.3. The molecule has 1 aromatic rings. The van der Waals surface area contributed by atoms with E-state index in [0.29, 0.717) is 43.4 Å². The van der Waals surface area contributed by atoms with E-state index in [9.17, 15) is 15.0 Å². The number of benzene rings is 1. The van der Waals surface area contributed by atoms with Gasteiger partial charge >= 0.3 is 0 Å². The molecule has 7 heteroatoms. The summed E-state index contributed by atoms with van der Waals surface area (Å²) in [6.07, 6.45) is -0.0601. The van der Waals surface area contributed by atoms with Crippen molar-refractivity contribution in [3.05, 3.63) is 18.2 Å². The van der Waals surface area contributed by atoms with E-state index in [0.717, 1.165) is 0 Å². The molecule has 0 aliphatic carbocycles. The third-order valence-corrected chi connectivity index (χ3v) is 4.37. The Labute approximate surface area is 134 Å². The minimum Gasteiger partial charge on any atom is -0.486 e. The Bertz CT molecular complexity index is 594. The van der Waals surface area contributed by atoms with Gasteiger partial charge in [0.15, 0.2) is 11.5 Å². The summed E-state index contributed by atoms with van der Waals surface area (Å²) in [7, 11) is 0. The van der Waals surface area contributed by atoms with Crippen molar-refractivity contribution in [2.24, 2.45) is 0 Å². The summed E-state index contributed by atoms with van der Waals surface area (Å²) >= 11 is 0. The molecule has 1 aromatic carbocycles. The van der Waals surface area contributed by atoms with Gasteiger partial charge in [0.2, 0.25) is 5.91 Å². The second-order valence-electron chi connectivity index (χ2n) is 6.30. The van der Waals surface area contributed by atoms with Crippen LogP contribution in [0.25, 0.3) is 0 Å². The number of anilines is 1. The van der Waals surface area contributed by atoms with Gasteiger partial charge in [-0.1, -0.05) is 0 Å². The van der Waals surface area contributed by atoms with Crippen LogP contribution < -0.4 is 14.8 Å². The van der Waals surface area contributed by atoms with Gasteiger partial charge in [0.05, 0.1) is 19.3 Å². The van der Waals surface area contributed by atoms with Crippen molar-refractivity contribution in [3.8, 4) is 11.5 Å². The molecule has 2 heterocycles. The van der Waals surface area contributed by atoms with Crippen LogP contribution in [0.4, 0.5) is 5.69 Å². The maximum Gasteiger partial charge on any atom is 0.238 e. The number of ether oxygens (including phenoxy) is 2. The number of hydrogen-bond acceptors (Lipinski definition) is 6. The number of nitrogens with one attached hydrogen (secondary N) is 1. The van der Waals surface area contributed by atoms with Gasteiger partial charge in [-0.2, -0.15) is 0 Å². The number of fused-ring (bicyclic) bond motifs is 1. The highest BCUT2D eigenvalue weighted by atomic mass is 16.6. The van der Waals surface area contributed by atoms with Crippen LogP contribution in [0.5, 0.6) is 11.5 Å². The lowest BCUT2D eigenvalue weighted by Crippen LogP contribution is -2.47. The Morgan fingerprint density at radius 2 is 2.13 bits per heavy atom. The Balaban J connectivity index is 1.63. The molecule has 7 nitrogen and oxygen atoms in total. The van der Waals surface area contributed by atoms with Crippen molar-refractivity contribution in [2.75, 3.05) is 38.2 Å². The summed E-state index contributed by atoms with van der Waals surface area (Å²) in [5.74, 6) is 1.09. The molecule has 23 heavy (non-hydrogen) atoms. The second kappa shape index (κ2) is 6.35. The van der Waals surface area contributed by atoms with E-state index in [-0.39, 0.29) is 19.1 Å². The third-order valence-electron chi connectivity index (χ3n) is 4.37. The topological polar surface area (TPSA) is 91.3 Å². The molecule has 1 amide bonds. The van der Waals surface area contributed by atoms with E-state index in [2.05, 4.69) is 5.32 Å². The lowest BCUT2D eigenvalue weighted by molar-refractivity contribution is -0.118. The molecular weight excluding hydrogens is 300 g/mol. The van der Waals surface area contributed by atoms with Crippen molar-refractivity contribution in [1.29, 1.82) is 0 Å². The largest absolute Gasteiger partial charge is 0.486 e. The SMILES string of the molecule is CC1(CO)CC(O)CN1CC(=O)Nc1ccc2c(c1)OCCO2. The smallest absolute Gasteiger partial charge is 0.238 e. The van der Waals surface area contributed by atoms with Crippen LogP contribution in [0.2, 0.25) is 0 Å². The van der Waals surface area contributed by atoms with Gasteiger partial charge in [-0.15, -0.1) is 0 Å². The number of carbonyl (C=O) groups is 1. The van der Waals surface area contributed by atoms with Gasteiger partial charge in [-0.3, -0.25) is 9.69 Å². The predicted molar refractivity (Wildman–Crippen MR) is 83.7 cm³/mol. The highest BCUT2D eigenvalue weighted by Gasteiger charge is 2.41. The van der Waals surface area contributed by atoms with E-state index in [1.165, 1.54) is 0 Å². The molecule has 3 rings (SSSR count). The summed E-state index contributed by atoms with van der Waals surface area (Å²) in [5.41, 5.74) is 0.0634. The number of likely N-dealkylation sites (tertiary alicyclic amines) is 1. The average molecular weight is 322 g/mol. The molecule has 3 N–H and O–H groups in total. The Kier molecular flexibility index (Phi) is 4.43. The summed E-state index contributed by atoms with van der Waals surface area (Å²) in [5, 5.41) is 22.1. The zero-order valence-electron chi connectivity index (χ0n) is 13.1. The number of aliphatic hydroxyl groups is 2. The van der Waals surface area contributed by atoms with Crippen LogP contribution >= 0.6 is 0 Å². The van der Waals surface area contributed by atoms with Crippen molar-refractivity contribution in [1.82, 2.24) is 4.90 Å². The lowest BCUT2D eigenvalue weighted by Gasteiger charge is -2.32. The molecule has 0 saturated carbocycles. The molecule has 2 aliphatic heterocycles. The van der Waals surface area contributed by atoms with Gasteiger partial charge in [0.25, 0.3) is 0 Å². The van der Waals surface area contributed by atoms with Crippen molar-refractivity contribution in [3.63, 3.8) is 0 Å². The number of β-amino-alcohol motifs (C(OH)–C–C–N with tert-alkyl or cyclic N) is 1. The summed E-state index contributed by atoms with van der Waals surface area (Å²) in [6, 6.07) is 5.26. The van der Waals surface area contributed by atoms with Gasteiger partial charge in [-0.05, 0) is 25.5 Å². The molecule has 0 bridgehead atoms. The zero-order valence-corrected chi connectivity index (χ0v) is 13.1. The minimum absolute atomic E-state index is 0.0959. The fourth-order valence-corrected chi connectivity index (χ4v) is 3.09. The fourth-order valence-electron chi connectivity index (χ4n) is 3.09. The van der Waals surface area contributed by atoms with Crippen molar-refractivity contribution >= 4 is 11.6 Å². The molecule has 0 radical (unpaired) electrons. The summed E-state index contributed by atoms with van der Waals surface area (Å²) in [6.45, 7) is 3.26. The molecular formula is C16H22N2O5. The molecule has 2 aliphatic rings. The van der Waals surface area contributed by atoms with Crippen LogP contribution in [0.15, 0.2) is 18.2 Å². The number of aliphatic hydroxyl groups excluding tert-OH is 2. The summed E-state index contributed by atoms with van der Waals surface area (Å²) in [4.78, 5) is 14.1. The molecule has 2 atom stereocenters. The predicted octanol–water partition coefficient (Wildman–Crippen LogP) is 0.214. The second-order valence-corrected chi connectivity index (χ2v) is 6.30. The van der Waals surface area contributed by atoms with Crippen LogP contribution in [0, 0.1) is 0 Å². The van der Waals surface area contributed by atoms with E-state index in [1.807, 2.05) is 11.8 Å². The van der Waals surface area contributed by atoms with E-state index < -0.39 is 11.6 Å². The third kappa shape index (κ3) is 3.41. The van der Waals surface area contributed by atoms with Crippen LogP contribution in [-0.4, -0.2) is 65.6 Å². The fraction of sp³-hybridized carbons (Fsp3) is 0.562.